The summed E-state index contributed by atoms with van der Waals surface area (Å²) in [6, 6.07) is 44.9. The Morgan fingerprint density at radius 3 is 0.918 bits per heavy atom. The van der Waals surface area contributed by atoms with Crippen LogP contribution in [0.5, 0.6) is 0 Å². The van der Waals surface area contributed by atoms with E-state index in [-0.39, 0.29) is 5.78 Å². The maximum Gasteiger partial charge on any atom is 0.167 e. The van der Waals surface area contributed by atoms with E-state index in [0.717, 1.165) is 16.5 Å². The number of benzene rings is 12. The molecule has 1 heteroatoms. The molecule has 0 unspecified atom stereocenters. The molecule has 0 radical (unpaired) electrons. The number of hydrogen-bond acceptors (Lipinski definition) is 1. The van der Waals surface area contributed by atoms with E-state index in [1.807, 2.05) is 0 Å². The molecule has 0 spiro atoms. The lowest BCUT2D eigenvalue weighted by atomic mass is 9.73. The zero-order chi connectivity index (χ0) is 31.7. The third-order valence-corrected chi connectivity index (χ3v) is 12.0. The standard InChI is InChI=1S/C48H24O/c49-35-23-11-22-34-40-31-19-8-7-18-30(31)38-27-15-4-2-13-25(27)36-24-12-1-3-14-26(24)37-28-16-5-6-17-29(28)39-32-20-9-10-21-33(32)42(41(34)35)48-46(39)44(37)43(36)45(38)47(40)48/h1-22H,23H2. The molecule has 222 valence electrons. The minimum atomic E-state index is 0.207. The van der Waals surface area contributed by atoms with Crippen LogP contribution in [0.2, 0.25) is 0 Å². The summed E-state index contributed by atoms with van der Waals surface area (Å²) in [7, 11) is 0. The van der Waals surface area contributed by atoms with Crippen molar-refractivity contribution < 1.29 is 4.79 Å². The molecule has 1 aliphatic rings. The fraction of sp³-hybridized carbons (Fsp3) is 0.0208. The summed E-state index contributed by atoms with van der Waals surface area (Å²) >= 11 is 0. The van der Waals surface area contributed by atoms with Gasteiger partial charge in [-0.1, -0.05) is 133 Å². The molecule has 12 aromatic carbocycles. The third kappa shape index (κ3) is 2.61. The van der Waals surface area contributed by atoms with E-state index in [9.17, 15) is 4.79 Å². The second kappa shape index (κ2) is 8.21. The van der Waals surface area contributed by atoms with Gasteiger partial charge in [0, 0.05) is 22.8 Å². The van der Waals surface area contributed by atoms with Crippen LogP contribution in [-0.2, 0) is 0 Å². The van der Waals surface area contributed by atoms with Gasteiger partial charge in [-0.25, -0.2) is 0 Å². The molecule has 0 atom stereocenters. The van der Waals surface area contributed by atoms with Crippen LogP contribution in [0.4, 0.5) is 0 Å². The van der Waals surface area contributed by atoms with E-state index < -0.39 is 0 Å². The Hall–Kier alpha value is -6.31. The third-order valence-electron chi connectivity index (χ3n) is 12.0. The molecule has 0 fully saturated rings. The number of hydrogen-bond donors (Lipinski definition) is 0. The first kappa shape index (κ1) is 24.8. The van der Waals surface area contributed by atoms with E-state index in [1.165, 1.54) is 113 Å². The average molecular weight is 617 g/mol. The molecule has 1 aliphatic carbocycles. The first-order valence-electron chi connectivity index (χ1n) is 17.2. The SMILES string of the molecule is O=C1CC=Cc2c1c1c3ccccc3c3c4ccccc4c4c5ccccc5c5c6ccccc6c6c7ccccc7c2c2c1c3c4c5c62. The molecule has 0 bridgehead atoms. The summed E-state index contributed by atoms with van der Waals surface area (Å²) in [6.07, 6.45) is 4.74. The lowest BCUT2D eigenvalue weighted by Gasteiger charge is -2.29. The molecular formula is C48H24O. The number of fused-ring (bicyclic) bond motifs is 18. The number of carbonyl (C=O) groups is 1. The highest BCUT2D eigenvalue weighted by molar-refractivity contribution is 6.59. The van der Waals surface area contributed by atoms with Crippen LogP contribution in [0, 0.1) is 0 Å². The van der Waals surface area contributed by atoms with Crippen LogP contribution in [0.3, 0.4) is 0 Å². The van der Waals surface area contributed by atoms with E-state index in [2.05, 4.69) is 133 Å². The van der Waals surface area contributed by atoms with Gasteiger partial charge in [-0.2, -0.15) is 0 Å². The van der Waals surface area contributed by atoms with Crippen LogP contribution in [-0.4, -0.2) is 5.78 Å². The Morgan fingerprint density at radius 1 is 0.306 bits per heavy atom. The largest absolute Gasteiger partial charge is 0.294 e. The quantitative estimate of drug-likeness (QED) is 0.122. The molecule has 12 aromatic rings. The fourth-order valence-corrected chi connectivity index (χ4v) is 10.4. The fourth-order valence-electron chi connectivity index (χ4n) is 10.4. The Labute approximate surface area is 279 Å². The number of Topliss-reactive ketones (excluding diaryl/α,β-unsaturated/α-hetero) is 1. The smallest absolute Gasteiger partial charge is 0.167 e. The van der Waals surface area contributed by atoms with Crippen molar-refractivity contribution in [1.29, 1.82) is 0 Å². The Bertz CT molecular complexity index is 3490. The normalized spacial score (nSPS) is 14.0. The number of rotatable bonds is 0. The molecule has 1 nitrogen and oxygen atoms in total. The van der Waals surface area contributed by atoms with Gasteiger partial charge in [-0.05, 0) is 113 Å². The minimum Gasteiger partial charge on any atom is -0.294 e. The van der Waals surface area contributed by atoms with Crippen molar-refractivity contribution in [1.82, 2.24) is 0 Å². The van der Waals surface area contributed by atoms with E-state index >= 15 is 0 Å². The van der Waals surface area contributed by atoms with Gasteiger partial charge in [0.1, 0.15) is 0 Å². The van der Waals surface area contributed by atoms with Crippen molar-refractivity contribution in [3.8, 4) is 0 Å². The maximum atomic E-state index is 14.4. The van der Waals surface area contributed by atoms with Crippen LogP contribution < -0.4 is 0 Å². The Balaban J connectivity index is 1.60. The lowest BCUT2D eigenvalue weighted by molar-refractivity contribution is 0.0996. The van der Waals surface area contributed by atoms with Crippen molar-refractivity contribution in [3.63, 3.8) is 0 Å². The average Bonchev–Trinajstić information content (AvgIpc) is 3.16. The molecule has 0 N–H and O–H groups in total. The van der Waals surface area contributed by atoms with Crippen LogP contribution >= 0.6 is 0 Å². The second-order valence-electron chi connectivity index (χ2n) is 14.0. The van der Waals surface area contributed by atoms with Crippen LogP contribution in [0.15, 0.2) is 127 Å². The predicted octanol–water partition coefficient (Wildman–Crippen LogP) is 13.3. The van der Waals surface area contributed by atoms with Gasteiger partial charge in [0.05, 0.1) is 0 Å². The highest BCUT2D eigenvalue weighted by Crippen LogP contribution is 2.59. The lowest BCUT2D eigenvalue weighted by Crippen LogP contribution is -2.08. The van der Waals surface area contributed by atoms with E-state index in [4.69, 9.17) is 0 Å². The maximum absolute atomic E-state index is 14.4. The molecular weight excluding hydrogens is 593 g/mol. The highest BCUT2D eigenvalue weighted by atomic mass is 16.1. The summed E-state index contributed by atoms with van der Waals surface area (Å²) in [5.74, 6) is 0.207. The second-order valence-corrected chi connectivity index (χ2v) is 14.0. The summed E-state index contributed by atoms with van der Waals surface area (Å²) in [4.78, 5) is 14.4. The number of allylic oxidation sites excluding steroid dienone is 1. The molecule has 0 saturated carbocycles. The van der Waals surface area contributed by atoms with Crippen molar-refractivity contribution >= 4 is 130 Å². The van der Waals surface area contributed by atoms with E-state index in [1.54, 1.807) is 0 Å². The number of carbonyl (C=O) groups excluding carboxylic acids is 1. The van der Waals surface area contributed by atoms with Crippen molar-refractivity contribution in [2.24, 2.45) is 0 Å². The van der Waals surface area contributed by atoms with Gasteiger partial charge in [0.25, 0.3) is 0 Å². The van der Waals surface area contributed by atoms with Crippen LogP contribution in [0.1, 0.15) is 22.3 Å². The Kier molecular flexibility index (Phi) is 4.16. The van der Waals surface area contributed by atoms with Crippen molar-refractivity contribution in [2.45, 2.75) is 6.42 Å². The summed E-state index contributed by atoms with van der Waals surface area (Å²) in [5.41, 5.74) is 1.96. The van der Waals surface area contributed by atoms with Gasteiger partial charge in [0.2, 0.25) is 0 Å². The molecule has 0 amide bonds. The van der Waals surface area contributed by atoms with Gasteiger partial charge in [-0.15, -0.1) is 0 Å². The summed E-state index contributed by atoms with van der Waals surface area (Å²) in [6.45, 7) is 0. The van der Waals surface area contributed by atoms with Gasteiger partial charge in [-0.3, -0.25) is 4.79 Å². The molecule has 0 aliphatic heterocycles. The van der Waals surface area contributed by atoms with Gasteiger partial charge in [0.15, 0.2) is 5.78 Å². The minimum absolute atomic E-state index is 0.207. The topological polar surface area (TPSA) is 17.1 Å². The summed E-state index contributed by atoms with van der Waals surface area (Å²) < 4.78 is 0. The number of ketones is 1. The molecule has 0 heterocycles. The van der Waals surface area contributed by atoms with E-state index in [0.29, 0.717) is 6.42 Å². The summed E-state index contributed by atoms with van der Waals surface area (Å²) in [5, 5.41) is 28.0. The Morgan fingerprint density at radius 2 is 0.571 bits per heavy atom. The molecule has 13 rings (SSSR count). The highest BCUT2D eigenvalue weighted by Gasteiger charge is 2.32. The van der Waals surface area contributed by atoms with Crippen molar-refractivity contribution in [2.75, 3.05) is 0 Å². The first-order chi connectivity index (χ1) is 24.3. The molecule has 0 saturated heterocycles. The van der Waals surface area contributed by atoms with Crippen molar-refractivity contribution in [3.05, 3.63) is 139 Å². The van der Waals surface area contributed by atoms with Gasteiger partial charge < -0.3 is 0 Å². The molecule has 0 aromatic heterocycles. The zero-order valence-electron chi connectivity index (χ0n) is 26.3. The monoisotopic (exact) mass is 616 g/mol. The zero-order valence-corrected chi connectivity index (χ0v) is 26.3. The predicted molar refractivity (Wildman–Crippen MR) is 211 cm³/mol. The van der Waals surface area contributed by atoms with Crippen LogP contribution in [0.25, 0.3) is 125 Å². The molecule has 49 heavy (non-hydrogen) atoms. The first-order valence-corrected chi connectivity index (χ1v) is 17.2. The van der Waals surface area contributed by atoms with Gasteiger partial charge >= 0.3 is 0 Å².